The number of piperazine rings is 1. The Morgan fingerprint density at radius 2 is 2.00 bits per heavy atom. The van der Waals surface area contributed by atoms with Crippen LogP contribution < -0.4 is 0 Å². The summed E-state index contributed by atoms with van der Waals surface area (Å²) in [6.45, 7) is 4.80. The number of urea groups is 1. The Hall–Kier alpha value is -0.950. The van der Waals surface area contributed by atoms with Crippen LogP contribution >= 0.6 is 11.8 Å². The minimum atomic E-state index is -0.900. The van der Waals surface area contributed by atoms with E-state index in [0.29, 0.717) is 31.4 Å². The van der Waals surface area contributed by atoms with Crippen LogP contribution in [0.1, 0.15) is 6.92 Å². The second-order valence-electron chi connectivity index (χ2n) is 5.18. The Morgan fingerprint density at radius 3 is 2.63 bits per heavy atom. The summed E-state index contributed by atoms with van der Waals surface area (Å²) in [4.78, 5) is 29.2. The van der Waals surface area contributed by atoms with E-state index in [1.807, 2.05) is 7.05 Å². The number of carbonyl (C=O) groups is 2. The third-order valence-corrected chi connectivity index (χ3v) is 4.91. The molecule has 2 fully saturated rings. The van der Waals surface area contributed by atoms with Gasteiger partial charge in [-0.1, -0.05) is 0 Å². The predicted octanol–water partition coefficient (Wildman–Crippen LogP) is 0.244. The van der Waals surface area contributed by atoms with Crippen molar-refractivity contribution >= 4 is 23.8 Å². The molecule has 2 unspecified atom stereocenters. The fraction of sp³-hybridized carbons (Fsp3) is 0.833. The van der Waals surface area contributed by atoms with E-state index in [2.05, 4.69) is 11.8 Å². The van der Waals surface area contributed by atoms with Gasteiger partial charge in [0.05, 0.1) is 0 Å². The van der Waals surface area contributed by atoms with Gasteiger partial charge >= 0.3 is 12.0 Å². The van der Waals surface area contributed by atoms with Crippen LogP contribution in [-0.4, -0.2) is 88.6 Å². The topological polar surface area (TPSA) is 64.1 Å². The van der Waals surface area contributed by atoms with Crippen LogP contribution in [0.4, 0.5) is 4.79 Å². The zero-order valence-electron chi connectivity index (χ0n) is 11.4. The molecule has 0 saturated carbocycles. The average Bonchev–Trinajstić information content (AvgIpc) is 2.41. The maximum absolute atomic E-state index is 12.5. The summed E-state index contributed by atoms with van der Waals surface area (Å²) in [5, 5.41) is 9.22. The fourth-order valence-corrected chi connectivity index (χ4v) is 3.48. The van der Waals surface area contributed by atoms with Gasteiger partial charge in [-0.2, -0.15) is 11.8 Å². The number of hydrogen-bond acceptors (Lipinski definition) is 4. The lowest BCUT2D eigenvalue weighted by molar-refractivity contribution is -0.141. The van der Waals surface area contributed by atoms with Crippen LogP contribution in [0.3, 0.4) is 0 Å². The summed E-state index contributed by atoms with van der Waals surface area (Å²) >= 11 is 1.60. The van der Waals surface area contributed by atoms with Gasteiger partial charge in [-0.25, -0.2) is 9.59 Å². The maximum Gasteiger partial charge on any atom is 0.327 e. The highest BCUT2D eigenvalue weighted by atomic mass is 32.2. The zero-order chi connectivity index (χ0) is 14.0. The molecule has 7 heteroatoms. The average molecular weight is 287 g/mol. The Balaban J connectivity index is 2.03. The van der Waals surface area contributed by atoms with Crippen molar-refractivity contribution in [2.24, 2.45) is 0 Å². The fourth-order valence-electron chi connectivity index (χ4n) is 2.44. The van der Waals surface area contributed by atoms with Gasteiger partial charge in [-0.15, -0.1) is 0 Å². The van der Waals surface area contributed by atoms with Gasteiger partial charge in [0.25, 0.3) is 0 Å². The van der Waals surface area contributed by atoms with Crippen LogP contribution in [0.5, 0.6) is 0 Å². The Kier molecular flexibility index (Phi) is 4.57. The second-order valence-corrected chi connectivity index (χ2v) is 6.33. The molecule has 0 bridgehead atoms. The standard InChI is InChI=1S/C12H21N3O3S/c1-9-7-14(4-3-13(9)2)12(18)15-5-6-19-8-10(15)11(16)17/h9-10H,3-8H2,1-2H3,(H,16,17). The number of amides is 2. The summed E-state index contributed by atoms with van der Waals surface area (Å²) in [6, 6.07) is -0.478. The van der Waals surface area contributed by atoms with Gasteiger partial charge in [0, 0.05) is 43.7 Å². The van der Waals surface area contributed by atoms with Crippen LogP contribution in [0.2, 0.25) is 0 Å². The highest BCUT2D eigenvalue weighted by Crippen LogP contribution is 2.19. The molecule has 0 spiro atoms. The van der Waals surface area contributed by atoms with Gasteiger partial charge in [0.2, 0.25) is 0 Å². The molecular weight excluding hydrogens is 266 g/mol. The predicted molar refractivity (Wildman–Crippen MR) is 74.5 cm³/mol. The summed E-state index contributed by atoms with van der Waals surface area (Å²) in [5.41, 5.74) is 0. The lowest BCUT2D eigenvalue weighted by Crippen LogP contribution is -2.59. The number of aliphatic carboxylic acids is 1. The highest BCUT2D eigenvalue weighted by Gasteiger charge is 2.36. The molecule has 0 aromatic rings. The third-order valence-electron chi connectivity index (χ3n) is 3.89. The molecule has 2 saturated heterocycles. The van der Waals surface area contributed by atoms with Crippen molar-refractivity contribution in [2.75, 3.05) is 44.7 Å². The number of likely N-dealkylation sites (N-methyl/N-ethyl adjacent to an activating group) is 1. The number of thioether (sulfide) groups is 1. The van der Waals surface area contributed by atoms with Crippen molar-refractivity contribution in [3.63, 3.8) is 0 Å². The molecule has 2 heterocycles. The highest BCUT2D eigenvalue weighted by molar-refractivity contribution is 7.99. The van der Waals surface area contributed by atoms with Crippen molar-refractivity contribution in [1.29, 1.82) is 0 Å². The first-order chi connectivity index (χ1) is 9.00. The molecule has 2 rings (SSSR count). The lowest BCUT2D eigenvalue weighted by Gasteiger charge is -2.42. The maximum atomic E-state index is 12.5. The minimum Gasteiger partial charge on any atom is -0.480 e. The van der Waals surface area contributed by atoms with Gasteiger partial charge in [0.1, 0.15) is 6.04 Å². The molecule has 0 aromatic carbocycles. The summed E-state index contributed by atoms with van der Waals surface area (Å²) in [6.07, 6.45) is 0. The largest absolute Gasteiger partial charge is 0.480 e. The van der Waals surface area contributed by atoms with Gasteiger partial charge in [0.15, 0.2) is 0 Å². The molecule has 0 aliphatic carbocycles. The molecule has 0 aromatic heterocycles. The van der Waals surface area contributed by atoms with Gasteiger partial charge in [-0.3, -0.25) is 0 Å². The van der Waals surface area contributed by atoms with Crippen LogP contribution in [0, 0.1) is 0 Å². The molecule has 6 nitrogen and oxygen atoms in total. The molecular formula is C12H21N3O3S. The van der Waals surface area contributed by atoms with Gasteiger partial charge in [-0.05, 0) is 14.0 Å². The monoisotopic (exact) mass is 287 g/mol. The molecule has 1 N–H and O–H groups in total. The van der Waals surface area contributed by atoms with Crippen LogP contribution in [0.15, 0.2) is 0 Å². The first kappa shape index (κ1) is 14.5. The Morgan fingerprint density at radius 1 is 1.26 bits per heavy atom. The van der Waals surface area contributed by atoms with E-state index in [4.69, 9.17) is 0 Å². The summed E-state index contributed by atoms with van der Waals surface area (Å²) in [7, 11) is 2.05. The van der Waals surface area contributed by atoms with Crippen molar-refractivity contribution in [1.82, 2.24) is 14.7 Å². The molecule has 0 radical (unpaired) electrons. The number of carboxylic acid groups (broad SMARTS) is 1. The number of nitrogens with zero attached hydrogens (tertiary/aromatic N) is 3. The van der Waals surface area contributed by atoms with E-state index in [1.165, 1.54) is 4.90 Å². The summed E-state index contributed by atoms with van der Waals surface area (Å²) in [5.74, 6) is 0.408. The molecule has 108 valence electrons. The first-order valence-electron chi connectivity index (χ1n) is 6.57. The molecule has 19 heavy (non-hydrogen) atoms. The Bertz CT molecular complexity index is 366. The number of carboxylic acids is 1. The van der Waals surface area contributed by atoms with Crippen molar-refractivity contribution in [3.8, 4) is 0 Å². The molecule has 2 atom stereocenters. The van der Waals surface area contributed by atoms with Crippen LogP contribution in [0.25, 0.3) is 0 Å². The van der Waals surface area contributed by atoms with Crippen LogP contribution in [-0.2, 0) is 4.79 Å². The van der Waals surface area contributed by atoms with E-state index < -0.39 is 12.0 Å². The summed E-state index contributed by atoms with van der Waals surface area (Å²) < 4.78 is 0. The minimum absolute atomic E-state index is 0.118. The smallest absolute Gasteiger partial charge is 0.327 e. The van der Waals surface area contributed by atoms with E-state index in [9.17, 15) is 14.7 Å². The number of carbonyl (C=O) groups excluding carboxylic acids is 1. The SMILES string of the molecule is CC1CN(C(=O)N2CCSCC2C(=O)O)CCN1C. The number of hydrogen-bond donors (Lipinski definition) is 1. The van der Waals surface area contributed by atoms with E-state index in [0.717, 1.165) is 12.3 Å². The molecule has 2 aliphatic rings. The third kappa shape index (κ3) is 3.14. The molecule has 2 amide bonds. The second kappa shape index (κ2) is 6.00. The quantitative estimate of drug-likeness (QED) is 0.749. The van der Waals surface area contributed by atoms with Crippen molar-refractivity contribution in [2.45, 2.75) is 19.0 Å². The first-order valence-corrected chi connectivity index (χ1v) is 7.72. The number of rotatable bonds is 1. The van der Waals surface area contributed by atoms with E-state index >= 15 is 0 Å². The van der Waals surface area contributed by atoms with E-state index in [1.54, 1.807) is 16.7 Å². The normalized spacial score (nSPS) is 29.4. The Labute approximate surface area is 117 Å². The van der Waals surface area contributed by atoms with E-state index in [-0.39, 0.29) is 6.03 Å². The van der Waals surface area contributed by atoms with Crippen molar-refractivity contribution in [3.05, 3.63) is 0 Å². The van der Waals surface area contributed by atoms with Crippen molar-refractivity contribution < 1.29 is 14.7 Å². The van der Waals surface area contributed by atoms with Gasteiger partial charge < -0.3 is 19.8 Å². The lowest BCUT2D eigenvalue weighted by atomic mass is 10.2. The molecule has 2 aliphatic heterocycles. The zero-order valence-corrected chi connectivity index (χ0v) is 12.2.